The summed E-state index contributed by atoms with van der Waals surface area (Å²) in [4.78, 5) is 48.4. The van der Waals surface area contributed by atoms with Crippen LogP contribution in [0.1, 0.15) is 28.9 Å². The monoisotopic (exact) mass is 573 g/mol. The molecule has 0 aliphatic carbocycles. The summed E-state index contributed by atoms with van der Waals surface area (Å²) in [6.45, 7) is 0.479. The highest BCUT2D eigenvalue weighted by Gasteiger charge is 2.46. The first kappa shape index (κ1) is 27.7. The van der Waals surface area contributed by atoms with Gasteiger partial charge in [0, 0.05) is 31.9 Å². The Labute approximate surface area is 249 Å². The van der Waals surface area contributed by atoms with E-state index in [2.05, 4.69) is 15.6 Å². The van der Waals surface area contributed by atoms with E-state index in [0.717, 1.165) is 5.69 Å². The topological polar surface area (TPSA) is 104 Å². The largest absolute Gasteiger partial charge is 0.457 e. The quantitative estimate of drug-likeness (QED) is 0.300. The van der Waals surface area contributed by atoms with E-state index in [1.54, 1.807) is 18.1 Å². The van der Waals surface area contributed by atoms with Crippen LogP contribution < -0.4 is 15.4 Å². The molecule has 9 heteroatoms. The van der Waals surface area contributed by atoms with Gasteiger partial charge in [0.15, 0.2) is 0 Å². The smallest absolute Gasteiger partial charge is 0.322 e. The second kappa shape index (κ2) is 12.2. The number of likely N-dealkylation sites (N-methyl/N-ethyl adjacent to an activating group) is 1. The fraction of sp³-hybridized carbons (Fsp3) is 0.176. The van der Waals surface area contributed by atoms with Gasteiger partial charge in [-0.1, -0.05) is 66.7 Å². The van der Waals surface area contributed by atoms with Crippen LogP contribution in [-0.4, -0.2) is 52.8 Å². The normalized spacial score (nSPS) is 16.9. The number of para-hydroxylation sites is 1. The van der Waals surface area contributed by atoms with Gasteiger partial charge in [-0.05, 0) is 47.5 Å². The third-order valence-electron chi connectivity index (χ3n) is 7.64. The number of aromatic nitrogens is 1. The third-order valence-corrected chi connectivity index (χ3v) is 7.64. The first-order valence-electron chi connectivity index (χ1n) is 14.1. The SMILES string of the molecule is CN1C(=O)N[C@@H](c2cccc(Oc3ccccc3)c2)C2=C1CN([C@H](C(=O)NCCc1ccccn1)c1ccccc1)C2=O. The van der Waals surface area contributed by atoms with Gasteiger partial charge in [-0.2, -0.15) is 0 Å². The highest BCUT2D eigenvalue weighted by Crippen LogP contribution is 2.40. The van der Waals surface area contributed by atoms with E-state index < -0.39 is 12.1 Å². The lowest BCUT2D eigenvalue weighted by Gasteiger charge is -2.31. The van der Waals surface area contributed by atoms with Gasteiger partial charge in [0.2, 0.25) is 5.91 Å². The molecule has 9 nitrogen and oxygen atoms in total. The number of amides is 4. The molecule has 0 bridgehead atoms. The average molecular weight is 574 g/mol. The third kappa shape index (κ3) is 5.83. The number of urea groups is 1. The van der Waals surface area contributed by atoms with Crippen LogP contribution in [0, 0.1) is 0 Å². The van der Waals surface area contributed by atoms with Gasteiger partial charge < -0.3 is 20.3 Å². The van der Waals surface area contributed by atoms with Crippen molar-refractivity contribution >= 4 is 17.8 Å². The van der Waals surface area contributed by atoms with Crippen molar-refractivity contribution in [3.8, 4) is 11.5 Å². The lowest BCUT2D eigenvalue weighted by atomic mass is 9.95. The van der Waals surface area contributed by atoms with Crippen molar-refractivity contribution in [2.75, 3.05) is 20.1 Å². The fourth-order valence-electron chi connectivity index (χ4n) is 5.49. The molecule has 0 spiro atoms. The molecule has 4 aromatic rings. The second-order valence-corrected chi connectivity index (χ2v) is 10.4. The summed E-state index contributed by atoms with van der Waals surface area (Å²) in [5, 5.41) is 5.97. The van der Waals surface area contributed by atoms with E-state index in [1.807, 2.05) is 103 Å². The Bertz CT molecular complexity index is 1660. The van der Waals surface area contributed by atoms with Crippen molar-refractivity contribution in [2.24, 2.45) is 0 Å². The molecular weight excluding hydrogens is 542 g/mol. The average Bonchev–Trinajstić information content (AvgIpc) is 3.37. The zero-order valence-corrected chi connectivity index (χ0v) is 23.6. The maximum absolute atomic E-state index is 14.2. The Hall–Kier alpha value is -5.44. The second-order valence-electron chi connectivity index (χ2n) is 10.4. The minimum absolute atomic E-state index is 0.113. The molecule has 0 saturated carbocycles. The van der Waals surface area contributed by atoms with E-state index >= 15 is 0 Å². The molecule has 0 radical (unpaired) electrons. The molecule has 6 rings (SSSR count). The summed E-state index contributed by atoms with van der Waals surface area (Å²) in [5.41, 5.74) is 3.24. The number of rotatable bonds is 9. The van der Waals surface area contributed by atoms with E-state index in [4.69, 9.17) is 4.74 Å². The first-order valence-corrected chi connectivity index (χ1v) is 14.1. The Kier molecular flexibility index (Phi) is 7.86. The van der Waals surface area contributed by atoms with Crippen molar-refractivity contribution in [3.63, 3.8) is 0 Å². The number of nitrogens with zero attached hydrogens (tertiary/aromatic N) is 3. The van der Waals surface area contributed by atoms with Crippen LogP contribution in [0.5, 0.6) is 11.5 Å². The van der Waals surface area contributed by atoms with Crippen molar-refractivity contribution in [1.29, 1.82) is 0 Å². The molecule has 2 aliphatic heterocycles. The van der Waals surface area contributed by atoms with Crippen LogP contribution in [0.15, 0.2) is 121 Å². The molecule has 3 heterocycles. The minimum Gasteiger partial charge on any atom is -0.457 e. The van der Waals surface area contributed by atoms with Crippen LogP contribution in [0.4, 0.5) is 4.79 Å². The van der Waals surface area contributed by atoms with E-state index in [9.17, 15) is 14.4 Å². The molecule has 0 saturated heterocycles. The van der Waals surface area contributed by atoms with Crippen molar-refractivity contribution < 1.29 is 19.1 Å². The van der Waals surface area contributed by atoms with Gasteiger partial charge in [-0.15, -0.1) is 0 Å². The molecule has 3 aromatic carbocycles. The number of ether oxygens (including phenoxy) is 1. The fourth-order valence-corrected chi connectivity index (χ4v) is 5.49. The minimum atomic E-state index is -0.889. The van der Waals surface area contributed by atoms with Crippen molar-refractivity contribution in [2.45, 2.75) is 18.5 Å². The van der Waals surface area contributed by atoms with Crippen molar-refractivity contribution in [3.05, 3.63) is 137 Å². The number of hydrogen-bond acceptors (Lipinski definition) is 5. The lowest BCUT2D eigenvalue weighted by Crippen LogP contribution is -2.45. The predicted molar refractivity (Wildman–Crippen MR) is 161 cm³/mol. The molecule has 4 amide bonds. The van der Waals surface area contributed by atoms with Crippen LogP contribution in [-0.2, 0) is 16.0 Å². The summed E-state index contributed by atoms with van der Waals surface area (Å²) in [6.07, 6.45) is 2.27. The number of carbonyl (C=O) groups excluding carboxylic acids is 3. The Morgan fingerprint density at radius 2 is 1.67 bits per heavy atom. The Morgan fingerprint density at radius 1 is 0.953 bits per heavy atom. The maximum atomic E-state index is 14.2. The Balaban J connectivity index is 1.28. The molecule has 0 fully saturated rings. The summed E-state index contributed by atoms with van der Waals surface area (Å²) in [6, 6.07) is 29.7. The van der Waals surface area contributed by atoms with Crippen LogP contribution in [0.2, 0.25) is 0 Å². The number of pyridine rings is 1. The molecule has 216 valence electrons. The first-order chi connectivity index (χ1) is 21.0. The van der Waals surface area contributed by atoms with Gasteiger partial charge in [-0.25, -0.2) is 4.79 Å². The standard InChI is InChI=1S/C34H31N5O4/c1-38-28-22-39(31(23-11-4-2-5-12-23)32(40)36-20-18-25-14-8-9-19-35-25)33(41)29(28)30(37-34(38)42)24-13-10-17-27(21-24)43-26-15-6-3-7-16-26/h2-17,19,21,30-31H,18,20,22H2,1H3,(H,36,40)(H,37,42)/t30-,31-/m0/s1. The van der Waals surface area contributed by atoms with Crippen LogP contribution >= 0.6 is 0 Å². The van der Waals surface area contributed by atoms with Gasteiger partial charge in [0.05, 0.1) is 23.9 Å². The molecule has 2 atom stereocenters. The predicted octanol–water partition coefficient (Wildman–Crippen LogP) is 4.77. The van der Waals surface area contributed by atoms with Gasteiger partial charge in [0.25, 0.3) is 5.91 Å². The summed E-state index contributed by atoms with van der Waals surface area (Å²) < 4.78 is 6.02. The Morgan fingerprint density at radius 3 is 2.42 bits per heavy atom. The summed E-state index contributed by atoms with van der Waals surface area (Å²) in [5.74, 6) is 0.646. The number of hydrogen-bond donors (Lipinski definition) is 2. The van der Waals surface area contributed by atoms with Gasteiger partial charge in [0.1, 0.15) is 17.5 Å². The van der Waals surface area contributed by atoms with Crippen LogP contribution in [0.3, 0.4) is 0 Å². The highest BCUT2D eigenvalue weighted by atomic mass is 16.5. The molecule has 1 aromatic heterocycles. The lowest BCUT2D eigenvalue weighted by molar-refractivity contribution is -0.136. The van der Waals surface area contributed by atoms with E-state index in [1.165, 1.54) is 4.90 Å². The summed E-state index contributed by atoms with van der Waals surface area (Å²) in [7, 11) is 1.64. The molecule has 43 heavy (non-hydrogen) atoms. The van der Waals surface area contributed by atoms with Gasteiger partial charge in [-0.3, -0.25) is 19.5 Å². The molecule has 0 unspecified atom stereocenters. The number of benzene rings is 3. The number of carbonyl (C=O) groups is 3. The summed E-state index contributed by atoms with van der Waals surface area (Å²) >= 11 is 0. The molecular formula is C34H31N5O4. The van der Waals surface area contributed by atoms with Crippen molar-refractivity contribution in [1.82, 2.24) is 25.4 Å². The zero-order valence-electron chi connectivity index (χ0n) is 23.6. The van der Waals surface area contributed by atoms with Gasteiger partial charge >= 0.3 is 6.03 Å². The molecule has 2 N–H and O–H groups in total. The zero-order chi connectivity index (χ0) is 29.8. The maximum Gasteiger partial charge on any atom is 0.322 e. The highest BCUT2D eigenvalue weighted by molar-refractivity contribution is 6.03. The van der Waals surface area contributed by atoms with Crippen LogP contribution in [0.25, 0.3) is 0 Å². The van der Waals surface area contributed by atoms with E-state index in [0.29, 0.717) is 46.9 Å². The van der Waals surface area contributed by atoms with E-state index in [-0.39, 0.29) is 24.4 Å². The number of nitrogens with one attached hydrogen (secondary N) is 2. The molecule has 2 aliphatic rings.